The number of aryl methyl sites for hydroxylation is 1. The molecular weight excluding hydrogens is 412 g/mol. The van der Waals surface area contributed by atoms with E-state index < -0.39 is 47.0 Å². The SMILES string of the molecule is C/C=C/CCc1ccc(C(F)(F)Oc2cc(F)c(OC(F)(F)F)c(F)c2)c(F)c1. The summed E-state index contributed by atoms with van der Waals surface area (Å²) in [4.78, 5) is 0. The number of halogens is 8. The van der Waals surface area contributed by atoms with Gasteiger partial charge in [0.1, 0.15) is 11.6 Å². The summed E-state index contributed by atoms with van der Waals surface area (Å²) in [6.07, 6.45) is -5.21. The third-order valence-electron chi connectivity index (χ3n) is 3.62. The first-order chi connectivity index (χ1) is 13.4. The fourth-order valence-electron chi connectivity index (χ4n) is 2.38. The maximum atomic E-state index is 14.2. The molecule has 2 aromatic carbocycles. The molecular formula is C19H14F8O2. The Bertz CT molecular complexity index is 867. The highest BCUT2D eigenvalue weighted by molar-refractivity contribution is 5.36. The van der Waals surface area contributed by atoms with Crippen LogP contribution in [0.4, 0.5) is 35.1 Å². The minimum Gasteiger partial charge on any atom is -0.429 e. The summed E-state index contributed by atoms with van der Waals surface area (Å²) in [7, 11) is 0. The van der Waals surface area contributed by atoms with E-state index in [4.69, 9.17) is 0 Å². The zero-order valence-electron chi connectivity index (χ0n) is 14.8. The lowest BCUT2D eigenvalue weighted by Gasteiger charge is -2.20. The third-order valence-corrected chi connectivity index (χ3v) is 3.62. The lowest BCUT2D eigenvalue weighted by molar-refractivity contribution is -0.276. The van der Waals surface area contributed by atoms with Crippen LogP contribution in [0.5, 0.6) is 11.5 Å². The summed E-state index contributed by atoms with van der Waals surface area (Å²) in [6, 6.07) is 3.01. The van der Waals surface area contributed by atoms with Crippen molar-refractivity contribution < 1.29 is 44.6 Å². The second-order valence-electron chi connectivity index (χ2n) is 5.80. The number of rotatable bonds is 7. The van der Waals surface area contributed by atoms with Crippen LogP contribution >= 0.6 is 0 Å². The molecule has 0 heterocycles. The van der Waals surface area contributed by atoms with Crippen molar-refractivity contribution in [1.82, 2.24) is 0 Å². The zero-order chi connectivity index (χ0) is 21.8. The average molecular weight is 426 g/mol. The second-order valence-corrected chi connectivity index (χ2v) is 5.80. The molecule has 0 aliphatic rings. The molecule has 0 atom stereocenters. The van der Waals surface area contributed by atoms with Crippen LogP contribution in [0.1, 0.15) is 24.5 Å². The maximum Gasteiger partial charge on any atom is 0.573 e. The van der Waals surface area contributed by atoms with Gasteiger partial charge in [-0.3, -0.25) is 0 Å². The number of hydrogen-bond acceptors (Lipinski definition) is 2. The van der Waals surface area contributed by atoms with Gasteiger partial charge < -0.3 is 9.47 Å². The summed E-state index contributed by atoms with van der Waals surface area (Å²) in [5, 5.41) is 0. The van der Waals surface area contributed by atoms with E-state index in [9.17, 15) is 35.1 Å². The summed E-state index contributed by atoms with van der Waals surface area (Å²) in [5.74, 6) is -8.15. The molecule has 0 amide bonds. The molecule has 0 bridgehead atoms. The van der Waals surface area contributed by atoms with Crippen LogP contribution in [0, 0.1) is 17.5 Å². The van der Waals surface area contributed by atoms with Crippen molar-refractivity contribution in [2.45, 2.75) is 32.2 Å². The number of benzene rings is 2. The van der Waals surface area contributed by atoms with Crippen molar-refractivity contribution in [1.29, 1.82) is 0 Å². The monoisotopic (exact) mass is 426 g/mol. The number of hydrogen-bond donors (Lipinski definition) is 0. The largest absolute Gasteiger partial charge is 0.573 e. The fourth-order valence-corrected chi connectivity index (χ4v) is 2.38. The van der Waals surface area contributed by atoms with Crippen LogP contribution in [0.15, 0.2) is 42.5 Å². The number of alkyl halides is 5. The normalized spacial score (nSPS) is 12.4. The molecule has 2 nitrogen and oxygen atoms in total. The van der Waals surface area contributed by atoms with Gasteiger partial charge in [-0.2, -0.15) is 8.78 Å². The molecule has 0 N–H and O–H groups in total. The van der Waals surface area contributed by atoms with Crippen molar-refractivity contribution in [3.63, 3.8) is 0 Å². The minimum absolute atomic E-state index is 0.0709. The molecule has 2 aromatic rings. The Morgan fingerprint density at radius 2 is 1.48 bits per heavy atom. The molecule has 29 heavy (non-hydrogen) atoms. The van der Waals surface area contributed by atoms with E-state index in [-0.39, 0.29) is 12.1 Å². The van der Waals surface area contributed by atoms with Crippen molar-refractivity contribution in [2.24, 2.45) is 0 Å². The summed E-state index contributed by atoms with van der Waals surface area (Å²) in [5.41, 5.74) is -0.769. The van der Waals surface area contributed by atoms with Gasteiger partial charge in [0.2, 0.25) is 5.75 Å². The van der Waals surface area contributed by atoms with Crippen LogP contribution in [-0.2, 0) is 12.5 Å². The van der Waals surface area contributed by atoms with Crippen LogP contribution in [0.2, 0.25) is 0 Å². The Morgan fingerprint density at radius 3 is 2.00 bits per heavy atom. The molecule has 0 fully saturated rings. The lowest BCUT2D eigenvalue weighted by Crippen LogP contribution is -2.24. The van der Waals surface area contributed by atoms with E-state index in [1.807, 2.05) is 0 Å². The van der Waals surface area contributed by atoms with E-state index in [2.05, 4.69) is 9.47 Å². The molecule has 0 aliphatic carbocycles. The highest BCUT2D eigenvalue weighted by atomic mass is 19.4. The van der Waals surface area contributed by atoms with Gasteiger partial charge in [-0.05, 0) is 37.5 Å². The quantitative estimate of drug-likeness (QED) is 0.365. The van der Waals surface area contributed by atoms with Gasteiger partial charge in [0.05, 0.1) is 5.56 Å². The summed E-state index contributed by atoms with van der Waals surface area (Å²) in [6.45, 7) is 1.79. The molecule has 0 unspecified atom stereocenters. The van der Waals surface area contributed by atoms with Crippen LogP contribution in [0.3, 0.4) is 0 Å². The Labute approximate surface area is 160 Å². The first-order valence-electron chi connectivity index (χ1n) is 8.14. The van der Waals surface area contributed by atoms with Crippen molar-refractivity contribution in [3.8, 4) is 11.5 Å². The third kappa shape index (κ3) is 6.10. The molecule has 0 aromatic heterocycles. The van der Waals surface area contributed by atoms with E-state index in [0.29, 0.717) is 18.4 Å². The Hall–Kier alpha value is -2.78. The Kier molecular flexibility index (Phi) is 6.76. The maximum absolute atomic E-state index is 14.2. The number of ether oxygens (including phenoxy) is 2. The molecule has 2 rings (SSSR count). The highest BCUT2D eigenvalue weighted by Crippen LogP contribution is 2.37. The predicted octanol–water partition coefficient (Wildman–Crippen LogP) is 6.64. The van der Waals surface area contributed by atoms with E-state index in [0.717, 1.165) is 12.1 Å². The van der Waals surface area contributed by atoms with Gasteiger partial charge >= 0.3 is 12.5 Å². The Morgan fingerprint density at radius 1 is 0.862 bits per heavy atom. The smallest absolute Gasteiger partial charge is 0.429 e. The summed E-state index contributed by atoms with van der Waals surface area (Å²) < 4.78 is 113. The van der Waals surface area contributed by atoms with Gasteiger partial charge in [0.25, 0.3) is 0 Å². The van der Waals surface area contributed by atoms with E-state index >= 15 is 0 Å². The first kappa shape index (κ1) is 22.5. The molecule has 0 radical (unpaired) electrons. The molecule has 0 aliphatic heterocycles. The van der Waals surface area contributed by atoms with Gasteiger partial charge in [0.15, 0.2) is 11.6 Å². The predicted molar refractivity (Wildman–Crippen MR) is 87.1 cm³/mol. The van der Waals surface area contributed by atoms with E-state index in [1.54, 1.807) is 19.1 Å². The molecule has 158 valence electrons. The minimum atomic E-state index is -5.40. The van der Waals surface area contributed by atoms with Crippen molar-refractivity contribution >= 4 is 0 Å². The van der Waals surface area contributed by atoms with Crippen LogP contribution < -0.4 is 9.47 Å². The highest BCUT2D eigenvalue weighted by Gasteiger charge is 2.39. The molecule has 10 heteroatoms. The average Bonchev–Trinajstić information content (AvgIpc) is 2.57. The number of allylic oxidation sites excluding steroid dienone is 2. The van der Waals surface area contributed by atoms with Gasteiger partial charge in [-0.15, -0.1) is 13.2 Å². The topological polar surface area (TPSA) is 18.5 Å². The zero-order valence-corrected chi connectivity index (χ0v) is 14.8. The molecule has 0 saturated heterocycles. The first-order valence-corrected chi connectivity index (χ1v) is 8.14. The van der Waals surface area contributed by atoms with Gasteiger partial charge in [0, 0.05) is 12.1 Å². The second kappa shape index (κ2) is 8.71. The standard InChI is InChI=1S/C19H14F8O2/c1-2-3-4-5-11-6-7-13(14(20)8-11)18(23,24)28-12-9-15(21)17(16(22)10-12)29-19(25,26)27/h2-3,6-10H,4-5H2,1H3/b3-2+. The van der Waals surface area contributed by atoms with Gasteiger partial charge in [-0.1, -0.05) is 18.2 Å². The van der Waals surface area contributed by atoms with Crippen molar-refractivity contribution in [3.05, 3.63) is 71.1 Å². The molecule has 0 saturated carbocycles. The van der Waals surface area contributed by atoms with Crippen molar-refractivity contribution in [2.75, 3.05) is 0 Å². The lowest BCUT2D eigenvalue weighted by atomic mass is 10.1. The fraction of sp³-hybridized carbons (Fsp3) is 0.263. The Balaban J connectivity index is 2.24. The van der Waals surface area contributed by atoms with E-state index in [1.165, 1.54) is 6.07 Å². The van der Waals surface area contributed by atoms with Crippen LogP contribution in [-0.4, -0.2) is 6.36 Å². The van der Waals surface area contributed by atoms with Gasteiger partial charge in [-0.25, -0.2) is 13.2 Å². The van der Waals surface area contributed by atoms with Crippen LogP contribution in [0.25, 0.3) is 0 Å². The molecule has 0 spiro atoms. The summed E-state index contributed by atoms with van der Waals surface area (Å²) >= 11 is 0.